The van der Waals surface area contributed by atoms with Crippen LogP contribution in [0.15, 0.2) is 36.9 Å². The Hall–Kier alpha value is -2.88. The molecule has 4 rings (SSSR count). The van der Waals surface area contributed by atoms with Crippen molar-refractivity contribution >= 4 is 0 Å². The van der Waals surface area contributed by atoms with Crippen LogP contribution in [0.2, 0.25) is 0 Å². The van der Waals surface area contributed by atoms with Crippen LogP contribution >= 0.6 is 0 Å². The lowest BCUT2D eigenvalue weighted by Crippen LogP contribution is -2.37. The third-order valence-corrected chi connectivity index (χ3v) is 6.80. The maximum Gasteiger partial charge on any atom is 0.401 e. The van der Waals surface area contributed by atoms with E-state index < -0.39 is 12.7 Å². The van der Waals surface area contributed by atoms with Crippen molar-refractivity contribution in [2.24, 2.45) is 11.3 Å². The van der Waals surface area contributed by atoms with E-state index in [0.29, 0.717) is 18.0 Å². The van der Waals surface area contributed by atoms with Crippen molar-refractivity contribution in [2.75, 3.05) is 26.7 Å². The van der Waals surface area contributed by atoms with Gasteiger partial charge in [0.15, 0.2) is 0 Å². The van der Waals surface area contributed by atoms with Gasteiger partial charge in [-0.2, -0.15) is 13.2 Å². The molecular formula is C25H33F3N6O. The Morgan fingerprint density at radius 2 is 1.91 bits per heavy atom. The molecule has 10 heteroatoms. The number of aryl methyl sites for hydroxylation is 1. The van der Waals surface area contributed by atoms with E-state index in [-0.39, 0.29) is 23.9 Å². The molecule has 0 unspecified atom stereocenters. The second kappa shape index (κ2) is 9.64. The van der Waals surface area contributed by atoms with Gasteiger partial charge >= 0.3 is 6.18 Å². The molecule has 1 aliphatic heterocycles. The predicted octanol–water partition coefficient (Wildman–Crippen LogP) is 5.31. The van der Waals surface area contributed by atoms with Gasteiger partial charge in [-0.15, -0.1) is 5.10 Å². The van der Waals surface area contributed by atoms with Gasteiger partial charge in [-0.1, -0.05) is 32.1 Å². The lowest BCUT2D eigenvalue weighted by Gasteiger charge is -2.31. The molecule has 0 saturated carbocycles. The molecule has 0 amide bonds. The number of halogens is 3. The minimum absolute atomic E-state index is 0.00915. The predicted molar refractivity (Wildman–Crippen MR) is 128 cm³/mol. The third kappa shape index (κ3) is 6.04. The van der Waals surface area contributed by atoms with E-state index in [1.807, 2.05) is 42.1 Å². The molecule has 1 fully saturated rings. The first-order valence-electron chi connectivity index (χ1n) is 11.8. The summed E-state index contributed by atoms with van der Waals surface area (Å²) in [5, 5.41) is 8.71. The quantitative estimate of drug-likeness (QED) is 0.485. The van der Waals surface area contributed by atoms with Crippen molar-refractivity contribution < 1.29 is 17.9 Å². The van der Waals surface area contributed by atoms with E-state index in [9.17, 15) is 13.2 Å². The number of imidazole rings is 1. The van der Waals surface area contributed by atoms with Gasteiger partial charge in [0.25, 0.3) is 0 Å². The summed E-state index contributed by atoms with van der Waals surface area (Å²) in [5.41, 5.74) is 3.21. The van der Waals surface area contributed by atoms with Crippen LogP contribution in [0.1, 0.15) is 45.3 Å². The van der Waals surface area contributed by atoms with E-state index in [1.54, 1.807) is 18.1 Å². The SMILES string of the molecule is COc1cc(-c2cn([C@H]3C[C@@H](C(C)(C)C)CCN(CC(F)(F)F)C3)nn2)ccc1-n1cnc(C)c1. The summed E-state index contributed by atoms with van der Waals surface area (Å²) in [4.78, 5) is 5.77. The summed E-state index contributed by atoms with van der Waals surface area (Å²) < 4.78 is 48.8. The summed E-state index contributed by atoms with van der Waals surface area (Å²) >= 11 is 0. The molecule has 190 valence electrons. The number of ether oxygens (including phenoxy) is 1. The first-order valence-corrected chi connectivity index (χ1v) is 11.8. The van der Waals surface area contributed by atoms with Crippen LogP contribution in [0.3, 0.4) is 0 Å². The van der Waals surface area contributed by atoms with Gasteiger partial charge in [-0.3, -0.25) is 4.90 Å². The zero-order valence-corrected chi connectivity index (χ0v) is 20.9. The Labute approximate surface area is 203 Å². The monoisotopic (exact) mass is 490 g/mol. The van der Waals surface area contributed by atoms with E-state index in [4.69, 9.17) is 4.74 Å². The fraction of sp³-hybridized carbons (Fsp3) is 0.560. The topological polar surface area (TPSA) is 61.0 Å². The Bertz CT molecular complexity index is 1150. The number of likely N-dealkylation sites (tertiary alicyclic amines) is 1. The number of hydrogen-bond donors (Lipinski definition) is 0. The fourth-order valence-electron chi connectivity index (χ4n) is 4.81. The molecule has 2 aromatic heterocycles. The fourth-order valence-corrected chi connectivity index (χ4v) is 4.81. The molecule has 7 nitrogen and oxygen atoms in total. The van der Waals surface area contributed by atoms with Crippen LogP contribution in [0.5, 0.6) is 5.75 Å². The number of hydrogen-bond acceptors (Lipinski definition) is 5. The van der Waals surface area contributed by atoms with E-state index in [1.165, 1.54) is 4.90 Å². The normalized spacial score (nSPS) is 20.1. The Kier molecular flexibility index (Phi) is 6.95. The smallest absolute Gasteiger partial charge is 0.401 e. The second-order valence-electron chi connectivity index (χ2n) is 10.5. The highest BCUT2D eigenvalue weighted by Gasteiger charge is 2.37. The zero-order chi connectivity index (χ0) is 25.4. The minimum Gasteiger partial charge on any atom is -0.495 e. The van der Waals surface area contributed by atoms with Gasteiger partial charge in [0.1, 0.15) is 11.4 Å². The second-order valence-corrected chi connectivity index (χ2v) is 10.5. The molecule has 1 saturated heterocycles. The van der Waals surface area contributed by atoms with Crippen LogP contribution in [-0.2, 0) is 0 Å². The van der Waals surface area contributed by atoms with Crippen LogP contribution in [0.4, 0.5) is 13.2 Å². The zero-order valence-electron chi connectivity index (χ0n) is 20.9. The molecule has 0 spiro atoms. The number of alkyl halides is 3. The molecule has 1 aromatic carbocycles. The molecule has 3 heterocycles. The average molecular weight is 491 g/mol. The number of benzene rings is 1. The molecule has 0 aliphatic carbocycles. The van der Waals surface area contributed by atoms with Gasteiger partial charge in [0, 0.05) is 18.3 Å². The molecule has 1 aliphatic rings. The lowest BCUT2D eigenvalue weighted by molar-refractivity contribution is -0.146. The number of methoxy groups -OCH3 is 1. The lowest BCUT2D eigenvalue weighted by atomic mass is 9.76. The Morgan fingerprint density at radius 1 is 1.14 bits per heavy atom. The van der Waals surface area contributed by atoms with Gasteiger partial charge in [-0.05, 0) is 49.8 Å². The summed E-state index contributed by atoms with van der Waals surface area (Å²) in [6.45, 7) is 8.17. The number of nitrogens with zero attached hydrogens (tertiary/aromatic N) is 6. The average Bonchev–Trinajstić information content (AvgIpc) is 3.37. The minimum atomic E-state index is -4.23. The standard InChI is InChI=1S/C25H33F3N6O/c1-17-12-33(16-29-17)22-7-6-18(10-23(22)35-5)21-14-34(31-30-21)20-11-19(24(2,3)4)8-9-32(13-20)15-25(26,27)28/h6-7,10,12,14,16,19-20H,8-9,11,13,15H2,1-5H3/t19-,20-/m0/s1. The highest BCUT2D eigenvalue weighted by molar-refractivity contribution is 5.64. The summed E-state index contributed by atoms with van der Waals surface area (Å²) in [6, 6.07) is 5.56. The maximum absolute atomic E-state index is 13.2. The van der Waals surface area contributed by atoms with Crippen molar-refractivity contribution in [1.82, 2.24) is 29.4 Å². The first kappa shape index (κ1) is 25.2. The van der Waals surface area contributed by atoms with Crippen LogP contribution in [0.25, 0.3) is 16.9 Å². The van der Waals surface area contributed by atoms with E-state index in [2.05, 4.69) is 36.1 Å². The number of rotatable bonds is 5. The van der Waals surface area contributed by atoms with Crippen molar-refractivity contribution in [3.8, 4) is 22.7 Å². The summed E-state index contributed by atoms with van der Waals surface area (Å²) in [6.07, 6.45) is 2.72. The van der Waals surface area contributed by atoms with Gasteiger partial charge < -0.3 is 9.30 Å². The summed E-state index contributed by atoms with van der Waals surface area (Å²) in [7, 11) is 1.61. The van der Waals surface area contributed by atoms with Crippen molar-refractivity contribution in [3.05, 3.63) is 42.6 Å². The molecule has 0 N–H and O–H groups in total. The largest absolute Gasteiger partial charge is 0.495 e. The molecule has 3 aromatic rings. The highest BCUT2D eigenvalue weighted by Crippen LogP contribution is 2.38. The van der Waals surface area contributed by atoms with E-state index >= 15 is 0 Å². The Balaban J connectivity index is 1.61. The van der Waals surface area contributed by atoms with Crippen LogP contribution in [0, 0.1) is 18.3 Å². The van der Waals surface area contributed by atoms with Gasteiger partial charge in [0.05, 0.1) is 43.6 Å². The van der Waals surface area contributed by atoms with Crippen molar-refractivity contribution in [2.45, 2.75) is 52.8 Å². The van der Waals surface area contributed by atoms with Crippen molar-refractivity contribution in [1.29, 1.82) is 0 Å². The Morgan fingerprint density at radius 3 is 2.54 bits per heavy atom. The molecule has 35 heavy (non-hydrogen) atoms. The number of aromatic nitrogens is 5. The maximum atomic E-state index is 13.2. The molecule has 2 atom stereocenters. The first-order chi connectivity index (χ1) is 16.4. The molecular weight excluding hydrogens is 457 g/mol. The van der Waals surface area contributed by atoms with Gasteiger partial charge in [-0.25, -0.2) is 9.67 Å². The van der Waals surface area contributed by atoms with Gasteiger partial charge in [0.2, 0.25) is 0 Å². The summed E-state index contributed by atoms with van der Waals surface area (Å²) in [5.74, 6) is 0.935. The van der Waals surface area contributed by atoms with Crippen LogP contribution in [-0.4, -0.2) is 62.4 Å². The van der Waals surface area contributed by atoms with E-state index in [0.717, 1.165) is 29.8 Å². The molecule has 0 radical (unpaired) electrons. The van der Waals surface area contributed by atoms with Crippen LogP contribution < -0.4 is 4.74 Å². The third-order valence-electron chi connectivity index (χ3n) is 6.80. The molecule has 0 bridgehead atoms. The highest BCUT2D eigenvalue weighted by atomic mass is 19.4. The van der Waals surface area contributed by atoms with Crippen molar-refractivity contribution in [3.63, 3.8) is 0 Å².